The lowest BCUT2D eigenvalue weighted by molar-refractivity contribution is -0.139. The molecule has 4 N–H and O–H groups in total. The molecule has 0 aliphatic carbocycles. The van der Waals surface area contributed by atoms with E-state index in [2.05, 4.69) is 57.9 Å². The fraction of sp³-hybridized carbons (Fsp3) is 0.478. The summed E-state index contributed by atoms with van der Waals surface area (Å²) < 4.78 is 27.0. The summed E-state index contributed by atoms with van der Waals surface area (Å²) in [6, 6.07) is 11.9. The van der Waals surface area contributed by atoms with Gasteiger partial charge >= 0.3 is 12.2 Å². The van der Waals surface area contributed by atoms with Crippen LogP contribution in [-0.2, 0) is 35.1 Å². The van der Waals surface area contributed by atoms with Crippen molar-refractivity contribution in [1.29, 1.82) is 0 Å². The molecule has 0 radical (unpaired) electrons. The van der Waals surface area contributed by atoms with Gasteiger partial charge in [0.1, 0.15) is 36.1 Å². The third-order valence-corrected chi connectivity index (χ3v) is 13.0. The highest BCUT2D eigenvalue weighted by molar-refractivity contribution is 6.07. The van der Waals surface area contributed by atoms with E-state index in [9.17, 15) is 19.2 Å². The molecule has 334 valence electrons. The second-order valence-electron chi connectivity index (χ2n) is 17.1. The summed E-state index contributed by atoms with van der Waals surface area (Å²) in [5.41, 5.74) is 7.26. The second-order valence-corrected chi connectivity index (χ2v) is 17.1. The maximum Gasteiger partial charge on any atom is 0.407 e. The molecular weight excluding hydrogens is 809 g/mol. The number of carbonyl (C=O) groups is 4. The summed E-state index contributed by atoms with van der Waals surface area (Å²) >= 11 is 0. The highest BCUT2D eigenvalue weighted by atomic mass is 16.5. The average Bonchev–Trinajstić information content (AvgIpc) is 4.09. The highest BCUT2D eigenvalue weighted by Gasteiger charge is 2.43. The normalized spacial score (nSPS) is 21.3. The number of alkyl carbamates (subject to hydrolysis) is 2. The third-order valence-electron chi connectivity index (χ3n) is 13.0. The van der Waals surface area contributed by atoms with Crippen molar-refractivity contribution in [3.63, 3.8) is 0 Å². The van der Waals surface area contributed by atoms with Crippen LogP contribution in [-0.4, -0.2) is 119 Å². The Kier molecular flexibility index (Phi) is 12.1. The molecule has 8 atom stereocenters. The van der Waals surface area contributed by atoms with Gasteiger partial charge in [-0.25, -0.2) is 19.6 Å². The number of aryl methyl sites for hydroxylation is 1. The third kappa shape index (κ3) is 8.03. The van der Waals surface area contributed by atoms with Crippen LogP contribution in [0.1, 0.15) is 81.9 Å². The van der Waals surface area contributed by atoms with Crippen molar-refractivity contribution < 1.29 is 42.9 Å². The van der Waals surface area contributed by atoms with Gasteiger partial charge in [0.05, 0.1) is 55.2 Å². The van der Waals surface area contributed by atoms with Crippen LogP contribution >= 0.6 is 0 Å². The molecule has 3 aromatic carbocycles. The first kappa shape index (κ1) is 43.4. The van der Waals surface area contributed by atoms with Crippen molar-refractivity contribution in [3.05, 3.63) is 65.4 Å². The lowest BCUT2D eigenvalue weighted by Gasteiger charge is -2.33. The van der Waals surface area contributed by atoms with Gasteiger partial charge < -0.3 is 54.1 Å². The minimum Gasteiger partial charge on any atom is -0.488 e. The van der Waals surface area contributed by atoms with Crippen LogP contribution < -0.4 is 15.4 Å². The van der Waals surface area contributed by atoms with Crippen LogP contribution in [0.25, 0.3) is 44.2 Å². The highest BCUT2D eigenvalue weighted by Crippen LogP contribution is 2.44. The Morgan fingerprint density at radius 3 is 2.17 bits per heavy atom. The fourth-order valence-corrected chi connectivity index (χ4v) is 9.45. The van der Waals surface area contributed by atoms with Crippen LogP contribution in [0.5, 0.6) is 5.75 Å². The van der Waals surface area contributed by atoms with Crippen molar-refractivity contribution >= 4 is 45.8 Å². The number of aromatic nitrogens is 4. The number of rotatable bonds is 11. The van der Waals surface area contributed by atoms with E-state index in [0.29, 0.717) is 37.6 Å². The summed E-state index contributed by atoms with van der Waals surface area (Å²) in [6.45, 7) is 10.4. The molecule has 2 saturated heterocycles. The summed E-state index contributed by atoms with van der Waals surface area (Å²) in [5, 5.41) is 7.23. The van der Waals surface area contributed by atoms with Crippen molar-refractivity contribution in [3.8, 4) is 28.1 Å². The number of imidazole rings is 2. The molecule has 4 amide bonds. The number of fused-ring (bicyclic) bond motifs is 6. The first-order valence-corrected chi connectivity index (χ1v) is 21.4. The number of nitrogens with zero attached hydrogens (tertiary/aromatic N) is 4. The first-order valence-electron chi connectivity index (χ1n) is 21.4. The van der Waals surface area contributed by atoms with Crippen LogP contribution in [0.3, 0.4) is 0 Å². The number of hydrogen-bond donors (Lipinski definition) is 4. The Labute approximate surface area is 365 Å². The standard InChI is InChI=1S/C46H56N8O9/c1-22-16-35(53(20-22)43(55)38(25(4)59-6)51-45(57)61-8)42-47-24(3)37(49-42)28-11-13-30-29(17-28)21-63-36-19-31-27(18-32(30)36)12-14-33-40(31)50-41(48-33)34-15-10-23(2)54(34)44(56)39(26(5)60-7)52-46(58)62-9/h11-14,17-19,22-23,25-26,34-35,38-39H,10,15-16,20-21H2,1-9H3,(H,47,49)(H,48,50)(H,51,57)(H,52,58)/t22-,23-,25+,26+,34-,35-,38?,39?/m0/s1. The molecule has 2 unspecified atom stereocenters. The minimum absolute atomic E-state index is 0.0860. The molecular formula is C46H56N8O9. The quantitative estimate of drug-likeness (QED) is 0.114. The number of hydrogen-bond acceptors (Lipinski definition) is 11. The Bertz CT molecular complexity index is 2570. The molecule has 17 heteroatoms. The number of methoxy groups -OCH3 is 4. The second kappa shape index (κ2) is 17.5. The Morgan fingerprint density at radius 1 is 0.810 bits per heavy atom. The summed E-state index contributed by atoms with van der Waals surface area (Å²) in [5.74, 6) is 1.80. The number of benzene rings is 3. The molecule has 3 aliphatic rings. The molecule has 17 nitrogen and oxygen atoms in total. The van der Waals surface area contributed by atoms with E-state index >= 15 is 0 Å². The van der Waals surface area contributed by atoms with E-state index in [1.807, 2.05) is 26.0 Å². The summed E-state index contributed by atoms with van der Waals surface area (Å²) in [7, 11) is 5.53. The number of amides is 4. The van der Waals surface area contributed by atoms with Gasteiger partial charge in [0, 0.05) is 49.0 Å². The topological polar surface area (TPSA) is 202 Å². The van der Waals surface area contributed by atoms with Gasteiger partial charge in [-0.1, -0.05) is 25.1 Å². The van der Waals surface area contributed by atoms with E-state index in [4.69, 9.17) is 33.7 Å². The van der Waals surface area contributed by atoms with Crippen molar-refractivity contribution in [2.24, 2.45) is 5.92 Å². The van der Waals surface area contributed by atoms with Crippen LogP contribution in [0, 0.1) is 12.8 Å². The summed E-state index contributed by atoms with van der Waals surface area (Å²) in [4.78, 5) is 73.2. The van der Waals surface area contributed by atoms with Gasteiger partial charge in [0.2, 0.25) is 11.8 Å². The largest absolute Gasteiger partial charge is 0.488 e. The SMILES string of the molecule is COC(=O)NC(C(=O)N1C[C@@H](C)C[C@H]1c1nc(-c2ccc3c(c2)COc2cc4c(ccc5[nH]c([C@@H]6CC[C@H](C)N6C(=O)C(NC(=O)OC)[C@@H](C)OC)nc54)cc2-3)c(C)[nH]1)[C@@H](C)OC. The maximum absolute atomic E-state index is 14.1. The Hall–Kier alpha value is -6.20. The smallest absolute Gasteiger partial charge is 0.407 e. The van der Waals surface area contributed by atoms with Crippen molar-refractivity contribution in [2.45, 2.75) is 103 Å². The number of nitrogens with one attached hydrogen (secondary N) is 4. The number of ether oxygens (including phenoxy) is 5. The van der Waals surface area contributed by atoms with E-state index in [0.717, 1.165) is 67.6 Å². The minimum atomic E-state index is -0.939. The molecule has 5 heterocycles. The lowest BCUT2D eigenvalue weighted by atomic mass is 9.92. The molecule has 2 aromatic heterocycles. The molecule has 0 saturated carbocycles. The van der Waals surface area contributed by atoms with E-state index in [1.165, 1.54) is 28.4 Å². The van der Waals surface area contributed by atoms with E-state index in [-0.39, 0.29) is 35.9 Å². The van der Waals surface area contributed by atoms with Gasteiger partial charge in [-0.2, -0.15) is 0 Å². The molecule has 0 spiro atoms. The monoisotopic (exact) mass is 864 g/mol. The number of carbonyl (C=O) groups excluding carboxylic acids is 4. The fourth-order valence-electron chi connectivity index (χ4n) is 9.45. The van der Waals surface area contributed by atoms with Gasteiger partial charge in [0.15, 0.2) is 0 Å². The van der Waals surface area contributed by atoms with Gasteiger partial charge in [-0.15, -0.1) is 0 Å². The van der Waals surface area contributed by atoms with Crippen molar-refractivity contribution in [1.82, 2.24) is 40.4 Å². The zero-order chi connectivity index (χ0) is 44.9. The Balaban J connectivity index is 1.06. The van der Waals surface area contributed by atoms with E-state index in [1.54, 1.807) is 23.6 Å². The van der Waals surface area contributed by atoms with Crippen molar-refractivity contribution in [2.75, 3.05) is 35.0 Å². The predicted molar refractivity (Wildman–Crippen MR) is 234 cm³/mol. The molecule has 0 bridgehead atoms. The van der Waals surface area contributed by atoms with Gasteiger partial charge in [0.25, 0.3) is 0 Å². The summed E-state index contributed by atoms with van der Waals surface area (Å²) in [6.07, 6.45) is -0.389. The molecule has 8 rings (SSSR count). The molecule has 3 aliphatic heterocycles. The van der Waals surface area contributed by atoms with Gasteiger partial charge in [-0.05, 0) is 93.7 Å². The van der Waals surface area contributed by atoms with Crippen LogP contribution in [0.2, 0.25) is 0 Å². The van der Waals surface area contributed by atoms with E-state index < -0.39 is 36.5 Å². The predicted octanol–water partition coefficient (Wildman–Crippen LogP) is 6.45. The van der Waals surface area contributed by atoms with Crippen LogP contribution in [0.15, 0.2) is 42.5 Å². The average molecular weight is 865 g/mol. The van der Waals surface area contributed by atoms with Crippen LogP contribution in [0.4, 0.5) is 9.59 Å². The maximum atomic E-state index is 14.1. The molecule has 5 aromatic rings. The number of H-pyrrole nitrogens is 2. The number of likely N-dealkylation sites (tertiary alicyclic amines) is 2. The van der Waals surface area contributed by atoms with Gasteiger partial charge in [-0.3, -0.25) is 9.59 Å². The zero-order valence-electron chi connectivity index (χ0n) is 37.2. The lowest BCUT2D eigenvalue weighted by Crippen LogP contribution is -2.55. The zero-order valence-corrected chi connectivity index (χ0v) is 37.2. The molecule has 63 heavy (non-hydrogen) atoms. The Morgan fingerprint density at radius 2 is 1.49 bits per heavy atom. The number of aromatic amines is 2. The first-order chi connectivity index (χ1) is 30.2. The molecule has 2 fully saturated rings.